The molecule has 1 unspecified atom stereocenters. The van der Waals surface area contributed by atoms with Gasteiger partial charge in [0.15, 0.2) is 40.0 Å². The van der Waals surface area contributed by atoms with E-state index in [0.29, 0.717) is 83.2 Å². The monoisotopic (exact) mass is 910 g/mol. The Morgan fingerprint density at radius 2 is 1.65 bits per heavy atom. The first-order valence-corrected chi connectivity index (χ1v) is 23.3. The highest BCUT2D eigenvalue weighted by Gasteiger charge is 2.62. The maximum atomic E-state index is 15.1. The number of methoxy groups -OCH3 is 2. The molecule has 10 rings (SSSR count). The molecule has 3 aromatic carbocycles. The topological polar surface area (TPSA) is 184 Å². The summed E-state index contributed by atoms with van der Waals surface area (Å²) in [4.78, 5) is 58.9. The smallest absolute Gasteiger partial charge is 0.331 e. The summed E-state index contributed by atoms with van der Waals surface area (Å²) >= 11 is 1.47. The third kappa shape index (κ3) is 7.06. The Morgan fingerprint density at radius 3 is 2.34 bits per heavy atom. The predicted octanol–water partition coefficient (Wildman–Crippen LogP) is 5.99. The van der Waals surface area contributed by atoms with Crippen LogP contribution in [0.5, 0.6) is 40.2 Å². The number of piperazine rings is 1. The van der Waals surface area contributed by atoms with Crippen molar-refractivity contribution in [1.29, 1.82) is 5.26 Å². The van der Waals surface area contributed by atoms with E-state index in [1.165, 1.54) is 25.8 Å². The molecular weight excluding hydrogens is 857 g/mol. The highest BCUT2D eigenvalue weighted by atomic mass is 32.2. The maximum Gasteiger partial charge on any atom is 0.331 e. The van der Waals surface area contributed by atoms with Gasteiger partial charge >= 0.3 is 23.9 Å². The molecule has 0 radical (unpaired) electrons. The van der Waals surface area contributed by atoms with E-state index in [-0.39, 0.29) is 49.5 Å². The van der Waals surface area contributed by atoms with Gasteiger partial charge in [0.05, 0.1) is 37.6 Å². The van der Waals surface area contributed by atoms with Crippen LogP contribution < -0.4 is 38.5 Å². The summed E-state index contributed by atoms with van der Waals surface area (Å²) in [6, 6.07) is 5.24. The summed E-state index contributed by atoms with van der Waals surface area (Å²) in [6.07, 6.45) is 2.61. The van der Waals surface area contributed by atoms with E-state index >= 15 is 4.79 Å². The Labute approximate surface area is 382 Å². The zero-order valence-electron chi connectivity index (χ0n) is 37.9. The summed E-state index contributed by atoms with van der Waals surface area (Å²) in [7, 11) is 5.04. The van der Waals surface area contributed by atoms with Gasteiger partial charge in [0.25, 0.3) is 0 Å². The lowest BCUT2D eigenvalue weighted by molar-refractivity contribution is -0.157. The number of benzene rings is 3. The average molecular weight is 911 g/mol. The first-order valence-electron chi connectivity index (χ1n) is 22.2. The van der Waals surface area contributed by atoms with Crippen LogP contribution >= 0.6 is 11.8 Å². The maximum absolute atomic E-state index is 15.1. The van der Waals surface area contributed by atoms with E-state index in [0.717, 1.165) is 22.3 Å². The minimum Gasteiger partial charge on any atom is -0.493 e. The molecule has 7 heterocycles. The van der Waals surface area contributed by atoms with E-state index in [4.69, 9.17) is 37.9 Å². The molecule has 65 heavy (non-hydrogen) atoms. The van der Waals surface area contributed by atoms with Gasteiger partial charge < -0.3 is 37.9 Å². The fourth-order valence-electron chi connectivity index (χ4n) is 11.1. The molecule has 0 aromatic heterocycles. The number of ether oxygens (including phenoxy) is 8. The van der Waals surface area contributed by atoms with Crippen molar-refractivity contribution in [2.24, 2.45) is 0 Å². The van der Waals surface area contributed by atoms with Crippen LogP contribution in [0, 0.1) is 25.2 Å². The van der Waals surface area contributed by atoms with Crippen LogP contribution in [0.15, 0.2) is 18.2 Å². The number of fused-ring (bicyclic) bond motifs is 9. The second-order valence-electron chi connectivity index (χ2n) is 17.5. The summed E-state index contributed by atoms with van der Waals surface area (Å²) in [5.74, 6) is 0.731. The number of hydrogen-bond acceptors (Lipinski definition) is 17. The largest absolute Gasteiger partial charge is 0.493 e. The Bertz CT molecular complexity index is 2540. The molecule has 0 amide bonds. The molecule has 17 heteroatoms. The summed E-state index contributed by atoms with van der Waals surface area (Å²) < 4.78 is 49.1. The lowest BCUT2D eigenvalue weighted by atomic mass is 9.71. The van der Waals surface area contributed by atoms with Crippen molar-refractivity contribution in [2.75, 3.05) is 47.0 Å². The number of nitriles is 1. The quantitative estimate of drug-likeness (QED) is 0.195. The molecule has 0 saturated carbocycles. The Morgan fingerprint density at radius 1 is 0.908 bits per heavy atom. The van der Waals surface area contributed by atoms with Gasteiger partial charge in [-0.25, -0.2) is 4.79 Å². The second-order valence-corrected chi connectivity index (χ2v) is 18.6. The number of hydrogen-bond donors (Lipinski definition) is 1. The average Bonchev–Trinajstić information content (AvgIpc) is 3.77. The molecule has 7 aliphatic heterocycles. The van der Waals surface area contributed by atoms with E-state index in [2.05, 4.69) is 27.3 Å². The predicted molar refractivity (Wildman–Crippen MR) is 236 cm³/mol. The number of likely N-dealkylation sites (N-methyl/N-ethyl adjacent to an activating group) is 1. The highest BCUT2D eigenvalue weighted by Crippen LogP contribution is 2.65. The number of aryl methyl sites for hydroxylation is 1. The Balaban J connectivity index is 1.30. The normalized spacial score (nSPS) is 26.1. The molecule has 0 aliphatic carbocycles. The van der Waals surface area contributed by atoms with Crippen molar-refractivity contribution in [1.82, 2.24) is 15.1 Å². The Hall–Kier alpha value is -5.54. The van der Waals surface area contributed by atoms with Crippen molar-refractivity contribution in [3.8, 4) is 46.3 Å². The minimum atomic E-state index is -1.43. The molecule has 16 nitrogen and oxygen atoms in total. The van der Waals surface area contributed by atoms with Crippen LogP contribution in [-0.4, -0.2) is 98.8 Å². The van der Waals surface area contributed by atoms with Gasteiger partial charge in [0.2, 0.25) is 6.79 Å². The number of carbonyl (C=O) groups excluding carboxylic acids is 4. The van der Waals surface area contributed by atoms with Crippen LogP contribution in [0.1, 0.15) is 108 Å². The summed E-state index contributed by atoms with van der Waals surface area (Å²) in [6.45, 7) is 9.01. The van der Waals surface area contributed by atoms with Crippen LogP contribution in [0.25, 0.3) is 0 Å². The molecule has 2 fully saturated rings. The molecule has 7 aliphatic rings. The van der Waals surface area contributed by atoms with Gasteiger partial charge in [-0.05, 0) is 81.0 Å². The van der Waals surface area contributed by atoms with Crippen LogP contribution in [-0.2, 0) is 42.3 Å². The van der Waals surface area contributed by atoms with Gasteiger partial charge in [-0.2, -0.15) is 5.26 Å². The molecular formula is C48H54N4O12S. The summed E-state index contributed by atoms with van der Waals surface area (Å²) in [5.41, 5.74) is 4.32. The fourth-order valence-corrected chi connectivity index (χ4v) is 12.8. The lowest BCUT2D eigenvalue weighted by Gasteiger charge is -2.62. The molecule has 3 aromatic rings. The SMILES string of the molecule is CCCC(=O)Oc1cc2c(cc1OC)[C@@]1(CS[C@H]3c4c(OC(C)=O)c(C)c5c(c4[C@H](COC1=O)N1[C@@H]3[C@@H]3c4c(cc(C)c(OC)c4OC(=O)CCC)CC([C@@H]1C#N)N3C)OCO5)NCC2. The first-order chi connectivity index (χ1) is 31.3. The van der Waals surface area contributed by atoms with Gasteiger partial charge in [0.1, 0.15) is 18.4 Å². The molecule has 4 bridgehead atoms. The molecule has 344 valence electrons. The number of rotatable bonds is 9. The van der Waals surface area contributed by atoms with Crippen molar-refractivity contribution in [3.63, 3.8) is 0 Å². The van der Waals surface area contributed by atoms with Crippen LogP contribution in [0.3, 0.4) is 0 Å². The van der Waals surface area contributed by atoms with Crippen molar-refractivity contribution >= 4 is 35.6 Å². The number of nitrogens with one attached hydrogen (secondary N) is 1. The number of esters is 4. The minimum absolute atomic E-state index is 0.0874. The number of carbonyl (C=O) groups is 4. The van der Waals surface area contributed by atoms with Gasteiger partial charge in [-0.3, -0.25) is 29.5 Å². The lowest BCUT2D eigenvalue weighted by Crippen LogP contribution is -2.69. The van der Waals surface area contributed by atoms with Crippen LogP contribution in [0.4, 0.5) is 0 Å². The van der Waals surface area contributed by atoms with E-state index in [1.54, 1.807) is 19.2 Å². The standard InChI is InChI=1S/C48H54N4O12S/c1-9-11-34(54)63-33-17-26-13-14-50-48(28(26)18-32(33)57-7)21-65-46-38-37(44-43(60-22-61-44)24(4)42(38)62-25(5)53)31(20-59-47(48)56)52-30(19-49)29-16-27-15-23(3)41(58-8)45(64-35(55)12-10-2)36(27)39(40(46)52)51(29)6/h15,17-18,29-31,39-40,46,50H,9-14,16,20-22H2,1-8H3/t29?,30-,31-,39-,40+,46-,48+/m0/s1. The number of thioether (sulfide) groups is 1. The summed E-state index contributed by atoms with van der Waals surface area (Å²) in [5, 5.41) is 14.3. The van der Waals surface area contributed by atoms with Gasteiger partial charge in [-0.1, -0.05) is 19.9 Å². The highest BCUT2D eigenvalue weighted by molar-refractivity contribution is 7.99. The van der Waals surface area contributed by atoms with E-state index < -0.39 is 58.8 Å². The fraction of sp³-hybridized carbons (Fsp3) is 0.521. The van der Waals surface area contributed by atoms with Gasteiger partial charge in [-0.15, -0.1) is 11.8 Å². The molecule has 1 N–H and O–H groups in total. The van der Waals surface area contributed by atoms with Crippen molar-refractivity contribution in [3.05, 3.63) is 62.7 Å². The van der Waals surface area contributed by atoms with Crippen molar-refractivity contribution < 1.29 is 57.1 Å². The zero-order chi connectivity index (χ0) is 46.1. The van der Waals surface area contributed by atoms with E-state index in [9.17, 15) is 19.6 Å². The third-order valence-corrected chi connectivity index (χ3v) is 15.2. The molecule has 1 spiro atoms. The van der Waals surface area contributed by atoms with E-state index in [1.807, 2.05) is 34.7 Å². The molecule has 7 atom stereocenters. The van der Waals surface area contributed by atoms with Gasteiger partial charge in [0, 0.05) is 66.4 Å². The number of nitrogens with zero attached hydrogens (tertiary/aromatic N) is 3. The molecule has 2 saturated heterocycles. The van der Waals surface area contributed by atoms with Crippen LogP contribution in [0.2, 0.25) is 0 Å². The first kappa shape index (κ1) is 44.7. The second kappa shape index (κ2) is 17.4. The third-order valence-electron chi connectivity index (χ3n) is 13.7. The Kier molecular flexibility index (Phi) is 11.9. The van der Waals surface area contributed by atoms with Crippen molar-refractivity contribution in [2.45, 2.75) is 114 Å². The zero-order valence-corrected chi connectivity index (χ0v) is 38.7.